The van der Waals surface area contributed by atoms with E-state index >= 15 is 0 Å². The van der Waals surface area contributed by atoms with Crippen LogP contribution in [-0.4, -0.2) is 42.3 Å². The average molecular weight is 427 g/mol. The van der Waals surface area contributed by atoms with Crippen LogP contribution in [0.25, 0.3) is 0 Å². The Bertz CT molecular complexity index is 936. The first kappa shape index (κ1) is 22.3. The van der Waals surface area contributed by atoms with E-state index in [1.807, 2.05) is 30.3 Å². The standard InChI is InChI=1S/C23H26FN3O4/c1-16(28)25-21-14-18(9-10-20(21)24)26-23(30)17-6-5-12-27(15-17)22(29)11-13-31-19-7-3-2-4-8-19/h2-4,7-10,14,17H,5-6,11-13,15H2,1H3,(H,25,28)(H,26,30). The first-order chi connectivity index (χ1) is 14.9. The third kappa shape index (κ3) is 6.53. The quantitative estimate of drug-likeness (QED) is 0.709. The molecule has 31 heavy (non-hydrogen) atoms. The molecule has 2 aromatic carbocycles. The molecular weight excluding hydrogens is 401 g/mol. The Hall–Kier alpha value is -3.42. The van der Waals surface area contributed by atoms with Crippen LogP contribution in [-0.2, 0) is 14.4 Å². The van der Waals surface area contributed by atoms with Crippen LogP contribution in [0.4, 0.5) is 15.8 Å². The van der Waals surface area contributed by atoms with Crippen LogP contribution in [0, 0.1) is 11.7 Å². The minimum Gasteiger partial charge on any atom is -0.493 e. The highest BCUT2D eigenvalue weighted by Gasteiger charge is 2.28. The molecule has 8 heteroatoms. The van der Waals surface area contributed by atoms with Crippen molar-refractivity contribution in [2.75, 3.05) is 30.3 Å². The molecule has 2 aromatic rings. The summed E-state index contributed by atoms with van der Waals surface area (Å²) in [5.74, 6) is -0.923. The molecule has 1 fully saturated rings. The van der Waals surface area contributed by atoms with Crippen molar-refractivity contribution < 1.29 is 23.5 Å². The number of piperidine rings is 1. The van der Waals surface area contributed by atoms with Crippen LogP contribution >= 0.6 is 0 Å². The normalized spacial score (nSPS) is 15.8. The Balaban J connectivity index is 1.52. The lowest BCUT2D eigenvalue weighted by Gasteiger charge is -2.32. The zero-order valence-corrected chi connectivity index (χ0v) is 17.4. The van der Waals surface area contributed by atoms with Crippen LogP contribution < -0.4 is 15.4 Å². The van der Waals surface area contributed by atoms with Gasteiger partial charge in [0.25, 0.3) is 0 Å². The molecule has 1 saturated heterocycles. The van der Waals surface area contributed by atoms with Crippen molar-refractivity contribution >= 4 is 29.1 Å². The number of rotatable bonds is 7. The van der Waals surface area contributed by atoms with E-state index in [9.17, 15) is 18.8 Å². The molecule has 2 N–H and O–H groups in total. The molecule has 164 valence electrons. The number of nitrogens with one attached hydrogen (secondary N) is 2. The smallest absolute Gasteiger partial charge is 0.229 e. The van der Waals surface area contributed by atoms with E-state index in [1.165, 1.54) is 25.1 Å². The zero-order chi connectivity index (χ0) is 22.2. The van der Waals surface area contributed by atoms with Gasteiger partial charge in [-0.1, -0.05) is 18.2 Å². The zero-order valence-electron chi connectivity index (χ0n) is 17.4. The van der Waals surface area contributed by atoms with Crippen molar-refractivity contribution in [1.82, 2.24) is 4.90 Å². The monoisotopic (exact) mass is 427 g/mol. The van der Waals surface area contributed by atoms with Crippen LogP contribution in [0.5, 0.6) is 5.75 Å². The number of carbonyl (C=O) groups excluding carboxylic acids is 3. The number of anilines is 2. The summed E-state index contributed by atoms with van der Waals surface area (Å²) in [6.07, 6.45) is 1.63. The Labute approximate surface area is 180 Å². The summed E-state index contributed by atoms with van der Waals surface area (Å²) in [5.41, 5.74) is 0.388. The summed E-state index contributed by atoms with van der Waals surface area (Å²) in [7, 11) is 0. The largest absolute Gasteiger partial charge is 0.493 e. The second-order valence-electron chi connectivity index (χ2n) is 7.46. The van der Waals surface area contributed by atoms with Gasteiger partial charge in [-0.2, -0.15) is 0 Å². The van der Waals surface area contributed by atoms with Gasteiger partial charge < -0.3 is 20.3 Å². The van der Waals surface area contributed by atoms with Gasteiger partial charge >= 0.3 is 0 Å². The van der Waals surface area contributed by atoms with Gasteiger partial charge in [-0.15, -0.1) is 0 Å². The lowest BCUT2D eigenvalue weighted by Crippen LogP contribution is -2.44. The van der Waals surface area contributed by atoms with Crippen molar-refractivity contribution in [1.29, 1.82) is 0 Å². The van der Waals surface area contributed by atoms with Gasteiger partial charge in [-0.05, 0) is 43.2 Å². The third-order valence-electron chi connectivity index (χ3n) is 5.02. The lowest BCUT2D eigenvalue weighted by atomic mass is 9.96. The fourth-order valence-corrected chi connectivity index (χ4v) is 3.48. The summed E-state index contributed by atoms with van der Waals surface area (Å²) in [6, 6.07) is 13.3. The molecule has 1 atom stereocenters. The van der Waals surface area contributed by atoms with E-state index in [0.29, 0.717) is 30.9 Å². The second kappa shape index (κ2) is 10.6. The molecule has 0 spiro atoms. The van der Waals surface area contributed by atoms with E-state index in [4.69, 9.17) is 4.74 Å². The van der Waals surface area contributed by atoms with E-state index in [0.717, 1.165) is 6.42 Å². The minimum atomic E-state index is -0.583. The lowest BCUT2D eigenvalue weighted by molar-refractivity contribution is -0.135. The highest BCUT2D eigenvalue weighted by atomic mass is 19.1. The number of nitrogens with zero attached hydrogens (tertiary/aromatic N) is 1. The van der Waals surface area contributed by atoms with E-state index in [-0.39, 0.29) is 36.4 Å². The molecule has 0 saturated carbocycles. The van der Waals surface area contributed by atoms with E-state index < -0.39 is 11.7 Å². The summed E-state index contributed by atoms with van der Waals surface area (Å²) >= 11 is 0. The minimum absolute atomic E-state index is 0.00386. The molecule has 3 rings (SSSR count). The van der Waals surface area contributed by atoms with E-state index in [2.05, 4.69) is 10.6 Å². The number of hydrogen-bond acceptors (Lipinski definition) is 4. The van der Waals surface area contributed by atoms with Gasteiger partial charge in [0, 0.05) is 25.7 Å². The predicted molar refractivity (Wildman–Crippen MR) is 115 cm³/mol. The SMILES string of the molecule is CC(=O)Nc1cc(NC(=O)C2CCCN(C(=O)CCOc3ccccc3)C2)ccc1F. The molecule has 1 aliphatic rings. The van der Waals surface area contributed by atoms with Crippen LogP contribution in [0.2, 0.25) is 0 Å². The number of carbonyl (C=O) groups is 3. The van der Waals surface area contributed by atoms with Gasteiger partial charge in [0.1, 0.15) is 11.6 Å². The van der Waals surface area contributed by atoms with Crippen LogP contribution in [0.3, 0.4) is 0 Å². The number of halogens is 1. The first-order valence-electron chi connectivity index (χ1n) is 10.3. The number of ether oxygens (including phenoxy) is 1. The molecule has 1 unspecified atom stereocenters. The Morgan fingerprint density at radius 2 is 1.90 bits per heavy atom. The van der Waals surface area contributed by atoms with Crippen molar-refractivity contribution in [2.24, 2.45) is 5.92 Å². The highest BCUT2D eigenvalue weighted by molar-refractivity contribution is 5.95. The van der Waals surface area contributed by atoms with Crippen molar-refractivity contribution in [3.8, 4) is 5.75 Å². The predicted octanol–water partition coefficient (Wildman–Crippen LogP) is 3.43. The van der Waals surface area contributed by atoms with Gasteiger partial charge in [0.05, 0.1) is 24.6 Å². The van der Waals surface area contributed by atoms with Gasteiger partial charge in [-0.25, -0.2) is 4.39 Å². The second-order valence-corrected chi connectivity index (χ2v) is 7.46. The van der Waals surface area contributed by atoms with Crippen LogP contribution in [0.1, 0.15) is 26.2 Å². The summed E-state index contributed by atoms with van der Waals surface area (Å²) in [4.78, 5) is 38.1. The first-order valence-corrected chi connectivity index (χ1v) is 10.3. The number of amides is 3. The van der Waals surface area contributed by atoms with Crippen molar-refractivity contribution in [3.63, 3.8) is 0 Å². The molecule has 0 aromatic heterocycles. The Morgan fingerprint density at radius 1 is 1.13 bits per heavy atom. The average Bonchev–Trinajstić information content (AvgIpc) is 2.76. The molecular formula is C23H26FN3O4. The van der Waals surface area contributed by atoms with E-state index in [1.54, 1.807) is 4.90 Å². The van der Waals surface area contributed by atoms with Crippen LogP contribution in [0.15, 0.2) is 48.5 Å². The van der Waals surface area contributed by atoms with Crippen molar-refractivity contribution in [3.05, 3.63) is 54.3 Å². The summed E-state index contributed by atoms with van der Waals surface area (Å²) < 4.78 is 19.4. The maximum absolute atomic E-state index is 13.8. The van der Waals surface area contributed by atoms with Gasteiger partial charge in [-0.3, -0.25) is 14.4 Å². The number of hydrogen-bond donors (Lipinski definition) is 2. The fraction of sp³-hybridized carbons (Fsp3) is 0.348. The molecule has 7 nitrogen and oxygen atoms in total. The molecule has 1 aliphatic heterocycles. The van der Waals surface area contributed by atoms with Crippen molar-refractivity contribution in [2.45, 2.75) is 26.2 Å². The number of likely N-dealkylation sites (tertiary alicyclic amines) is 1. The topological polar surface area (TPSA) is 87.7 Å². The fourth-order valence-electron chi connectivity index (χ4n) is 3.48. The molecule has 0 radical (unpaired) electrons. The maximum atomic E-state index is 13.8. The van der Waals surface area contributed by atoms with Gasteiger partial charge in [0.15, 0.2) is 0 Å². The highest BCUT2D eigenvalue weighted by Crippen LogP contribution is 2.23. The molecule has 0 bridgehead atoms. The third-order valence-corrected chi connectivity index (χ3v) is 5.02. The van der Waals surface area contributed by atoms with Gasteiger partial charge in [0.2, 0.25) is 17.7 Å². The number of para-hydroxylation sites is 1. The maximum Gasteiger partial charge on any atom is 0.229 e. The summed E-state index contributed by atoms with van der Waals surface area (Å²) in [6.45, 7) is 2.49. The number of benzene rings is 2. The molecule has 1 heterocycles. The molecule has 3 amide bonds. The Morgan fingerprint density at radius 3 is 2.65 bits per heavy atom. The Kier molecular flexibility index (Phi) is 7.59. The summed E-state index contributed by atoms with van der Waals surface area (Å²) in [5, 5.41) is 5.15. The molecule has 0 aliphatic carbocycles.